The predicted molar refractivity (Wildman–Crippen MR) is 110 cm³/mol. The number of hydrogen-bond donors (Lipinski definition) is 3. The van der Waals surface area contributed by atoms with E-state index in [9.17, 15) is 14.4 Å². The largest absolute Gasteiger partial charge is 0.484 e. The number of carbonyl (C=O) groups excluding carboxylic acids is 3. The van der Waals surface area contributed by atoms with Gasteiger partial charge >= 0.3 is 0 Å². The Morgan fingerprint density at radius 1 is 1.00 bits per heavy atom. The van der Waals surface area contributed by atoms with Crippen LogP contribution in [-0.4, -0.2) is 24.3 Å². The van der Waals surface area contributed by atoms with Crippen molar-refractivity contribution in [3.05, 3.63) is 64.7 Å². The minimum absolute atomic E-state index is 0.0943. The molecule has 0 aliphatic rings. The Kier molecular flexibility index (Phi) is 8.48. The van der Waals surface area contributed by atoms with E-state index in [1.54, 1.807) is 36.4 Å². The van der Waals surface area contributed by atoms with Crippen LogP contribution in [-0.2, 0) is 20.8 Å². The van der Waals surface area contributed by atoms with Crippen LogP contribution in [0.25, 0.3) is 0 Å². The monoisotopic (exact) mass is 417 g/mol. The molecule has 0 radical (unpaired) electrons. The number of hydrogen-bond acceptors (Lipinski definition) is 4. The zero-order valence-corrected chi connectivity index (χ0v) is 17.1. The highest BCUT2D eigenvalue weighted by Gasteiger charge is 2.19. The molecule has 0 aromatic heterocycles. The lowest BCUT2D eigenvalue weighted by atomic mass is 10.0. The molecular weight excluding hydrogens is 394 g/mol. The number of benzene rings is 2. The number of carbonyl (C=O) groups is 3. The van der Waals surface area contributed by atoms with Gasteiger partial charge in [-0.3, -0.25) is 25.2 Å². The van der Waals surface area contributed by atoms with Crippen LogP contribution < -0.4 is 20.9 Å². The topological polar surface area (TPSA) is 96.5 Å². The number of amides is 3. The first-order valence-corrected chi connectivity index (χ1v) is 9.57. The molecule has 0 spiro atoms. The maximum Gasteiger partial charge on any atom is 0.276 e. The summed E-state index contributed by atoms with van der Waals surface area (Å²) < 4.78 is 5.38. The van der Waals surface area contributed by atoms with E-state index in [0.717, 1.165) is 6.42 Å². The summed E-state index contributed by atoms with van der Waals surface area (Å²) in [6.07, 6.45) is 0.823. The molecule has 3 amide bonds. The predicted octanol–water partition coefficient (Wildman–Crippen LogP) is 2.70. The number of ether oxygens (including phenoxy) is 1. The van der Waals surface area contributed by atoms with Gasteiger partial charge in [0, 0.05) is 11.9 Å². The van der Waals surface area contributed by atoms with E-state index >= 15 is 0 Å². The Balaban J connectivity index is 1.83. The lowest BCUT2D eigenvalue weighted by Gasteiger charge is -2.19. The molecular formula is C21H24ClN3O4. The zero-order chi connectivity index (χ0) is 21.2. The number of nitrogens with one attached hydrogen (secondary N) is 3. The van der Waals surface area contributed by atoms with Crippen LogP contribution in [0.5, 0.6) is 5.75 Å². The van der Waals surface area contributed by atoms with Crippen molar-refractivity contribution >= 4 is 29.3 Å². The van der Waals surface area contributed by atoms with Gasteiger partial charge in [-0.2, -0.15) is 0 Å². The highest BCUT2D eigenvalue weighted by Crippen LogP contribution is 2.25. The van der Waals surface area contributed by atoms with Crippen molar-refractivity contribution in [1.29, 1.82) is 0 Å². The van der Waals surface area contributed by atoms with E-state index in [0.29, 0.717) is 16.3 Å². The second-order valence-electron chi connectivity index (χ2n) is 6.36. The van der Waals surface area contributed by atoms with Crippen LogP contribution in [0.2, 0.25) is 5.02 Å². The van der Waals surface area contributed by atoms with E-state index in [2.05, 4.69) is 16.2 Å². The smallest absolute Gasteiger partial charge is 0.276 e. The molecule has 0 saturated heterocycles. The van der Waals surface area contributed by atoms with Crippen molar-refractivity contribution in [2.45, 2.75) is 32.7 Å². The van der Waals surface area contributed by atoms with Crippen LogP contribution >= 0.6 is 11.6 Å². The van der Waals surface area contributed by atoms with E-state index in [1.165, 1.54) is 12.5 Å². The molecule has 0 saturated carbocycles. The molecule has 0 aliphatic heterocycles. The summed E-state index contributed by atoms with van der Waals surface area (Å²) in [5, 5.41) is 3.13. The first-order valence-electron chi connectivity index (χ1n) is 9.20. The lowest BCUT2D eigenvalue weighted by molar-refractivity contribution is -0.130. The molecule has 7 nitrogen and oxygen atoms in total. The summed E-state index contributed by atoms with van der Waals surface area (Å²) in [6, 6.07) is 13.7. The molecule has 8 heteroatoms. The van der Waals surface area contributed by atoms with Gasteiger partial charge in [-0.15, -0.1) is 0 Å². The molecule has 0 bridgehead atoms. The third-order valence-electron chi connectivity index (χ3n) is 4.09. The summed E-state index contributed by atoms with van der Waals surface area (Å²) in [5.41, 5.74) is 6.39. The van der Waals surface area contributed by atoms with Crippen molar-refractivity contribution in [1.82, 2.24) is 16.2 Å². The van der Waals surface area contributed by atoms with Gasteiger partial charge in [-0.1, -0.05) is 48.9 Å². The minimum Gasteiger partial charge on any atom is -0.484 e. The van der Waals surface area contributed by atoms with Gasteiger partial charge in [-0.05, 0) is 35.7 Å². The third-order valence-corrected chi connectivity index (χ3v) is 4.43. The number of hydrazine groups is 1. The van der Waals surface area contributed by atoms with Gasteiger partial charge in [0.05, 0.1) is 12.5 Å². The fourth-order valence-corrected chi connectivity index (χ4v) is 2.89. The number of rotatable bonds is 8. The van der Waals surface area contributed by atoms with Crippen LogP contribution in [0.4, 0.5) is 0 Å². The first-order chi connectivity index (χ1) is 13.9. The van der Waals surface area contributed by atoms with Crippen LogP contribution in [0, 0.1) is 0 Å². The standard InChI is InChI=1S/C21H24ClN3O4/c1-3-15-8-10-16(11-9-15)29-13-21(28)25-24-20(27)12-19(23-14(2)26)17-6-4-5-7-18(17)22/h4-11,19H,3,12-13H2,1-2H3,(H,23,26)(H,24,27)(H,25,28). The Morgan fingerprint density at radius 2 is 1.66 bits per heavy atom. The molecule has 0 fully saturated rings. The molecule has 2 rings (SSSR count). The van der Waals surface area contributed by atoms with Gasteiger partial charge < -0.3 is 10.1 Å². The van der Waals surface area contributed by atoms with E-state index in [1.807, 2.05) is 19.1 Å². The van der Waals surface area contributed by atoms with Gasteiger partial charge in [0.2, 0.25) is 11.8 Å². The quantitative estimate of drug-likeness (QED) is 0.575. The molecule has 2 aromatic carbocycles. The van der Waals surface area contributed by atoms with Crippen molar-refractivity contribution in [2.75, 3.05) is 6.61 Å². The maximum absolute atomic E-state index is 12.2. The zero-order valence-electron chi connectivity index (χ0n) is 16.3. The molecule has 1 unspecified atom stereocenters. The van der Waals surface area contributed by atoms with Gasteiger partial charge in [0.15, 0.2) is 6.61 Å². The van der Waals surface area contributed by atoms with Crippen molar-refractivity contribution in [2.24, 2.45) is 0 Å². The summed E-state index contributed by atoms with van der Waals surface area (Å²) in [4.78, 5) is 35.6. The summed E-state index contributed by atoms with van der Waals surface area (Å²) in [6.45, 7) is 3.16. The van der Waals surface area contributed by atoms with Gasteiger partial charge in [-0.25, -0.2) is 0 Å². The molecule has 29 heavy (non-hydrogen) atoms. The summed E-state index contributed by atoms with van der Waals surface area (Å²) >= 11 is 6.16. The van der Waals surface area contributed by atoms with E-state index in [4.69, 9.17) is 16.3 Å². The molecule has 1 atom stereocenters. The summed E-state index contributed by atoms with van der Waals surface area (Å²) in [7, 11) is 0. The van der Waals surface area contributed by atoms with Gasteiger partial charge in [0.1, 0.15) is 5.75 Å². The minimum atomic E-state index is -0.619. The normalized spacial score (nSPS) is 11.3. The molecule has 3 N–H and O–H groups in total. The Morgan fingerprint density at radius 3 is 2.28 bits per heavy atom. The molecule has 154 valence electrons. The Hall–Kier alpha value is -3.06. The van der Waals surface area contributed by atoms with E-state index < -0.39 is 17.9 Å². The van der Waals surface area contributed by atoms with Crippen LogP contribution in [0.15, 0.2) is 48.5 Å². The van der Waals surface area contributed by atoms with Crippen LogP contribution in [0.3, 0.4) is 0 Å². The average molecular weight is 418 g/mol. The third kappa shape index (κ3) is 7.46. The van der Waals surface area contributed by atoms with Crippen molar-refractivity contribution in [3.8, 4) is 5.75 Å². The molecule has 2 aromatic rings. The Labute approximate surface area is 174 Å². The number of aryl methyl sites for hydroxylation is 1. The average Bonchev–Trinajstić information content (AvgIpc) is 2.70. The second-order valence-corrected chi connectivity index (χ2v) is 6.77. The maximum atomic E-state index is 12.2. The highest BCUT2D eigenvalue weighted by atomic mass is 35.5. The fraction of sp³-hybridized carbons (Fsp3) is 0.286. The number of halogens is 1. The summed E-state index contributed by atoms with van der Waals surface area (Å²) in [5.74, 6) is -0.724. The molecule has 0 aliphatic carbocycles. The Bertz CT molecular complexity index is 855. The van der Waals surface area contributed by atoms with Crippen molar-refractivity contribution < 1.29 is 19.1 Å². The SMILES string of the molecule is CCc1ccc(OCC(=O)NNC(=O)CC(NC(C)=O)c2ccccc2Cl)cc1. The first kappa shape index (κ1) is 22.2. The molecule has 0 heterocycles. The van der Waals surface area contributed by atoms with Gasteiger partial charge in [0.25, 0.3) is 5.91 Å². The fourth-order valence-electron chi connectivity index (χ4n) is 2.62. The van der Waals surface area contributed by atoms with E-state index in [-0.39, 0.29) is 18.9 Å². The van der Waals surface area contributed by atoms with Crippen LogP contribution in [0.1, 0.15) is 37.4 Å². The highest BCUT2D eigenvalue weighted by molar-refractivity contribution is 6.31. The second kappa shape index (κ2) is 11.1. The van der Waals surface area contributed by atoms with Crippen molar-refractivity contribution in [3.63, 3.8) is 0 Å². The lowest BCUT2D eigenvalue weighted by Crippen LogP contribution is -2.45.